The van der Waals surface area contributed by atoms with E-state index >= 15 is 0 Å². The fourth-order valence-electron chi connectivity index (χ4n) is 3.68. The SMILES string of the molecule is CCCc1cc(OCCc2ccccc2)ccc1OCCCCOc1cccc(CC(=O)O)c1. The quantitative estimate of drug-likeness (QED) is 0.275. The van der Waals surface area contributed by atoms with Crippen molar-refractivity contribution in [3.05, 3.63) is 89.5 Å². The van der Waals surface area contributed by atoms with Crippen LogP contribution in [0.4, 0.5) is 0 Å². The average Bonchev–Trinajstić information content (AvgIpc) is 2.83. The van der Waals surface area contributed by atoms with Gasteiger partial charge in [-0.1, -0.05) is 55.8 Å². The van der Waals surface area contributed by atoms with Gasteiger partial charge < -0.3 is 19.3 Å². The first-order valence-electron chi connectivity index (χ1n) is 12.0. The highest BCUT2D eigenvalue weighted by atomic mass is 16.5. The summed E-state index contributed by atoms with van der Waals surface area (Å²) in [4.78, 5) is 10.9. The highest BCUT2D eigenvalue weighted by Crippen LogP contribution is 2.26. The van der Waals surface area contributed by atoms with Crippen LogP contribution in [0.5, 0.6) is 17.2 Å². The molecule has 3 aromatic rings. The van der Waals surface area contributed by atoms with E-state index in [2.05, 4.69) is 25.1 Å². The van der Waals surface area contributed by atoms with Crippen molar-refractivity contribution in [2.24, 2.45) is 0 Å². The van der Waals surface area contributed by atoms with Crippen LogP contribution in [-0.2, 0) is 24.1 Å². The molecule has 0 fully saturated rings. The van der Waals surface area contributed by atoms with Crippen LogP contribution < -0.4 is 14.2 Å². The molecule has 0 saturated carbocycles. The Morgan fingerprint density at radius 3 is 2.21 bits per heavy atom. The number of hydrogen-bond donors (Lipinski definition) is 1. The Morgan fingerprint density at radius 2 is 1.44 bits per heavy atom. The minimum absolute atomic E-state index is 0.00197. The molecule has 0 aliphatic carbocycles. The van der Waals surface area contributed by atoms with E-state index in [1.807, 2.05) is 42.5 Å². The topological polar surface area (TPSA) is 65.0 Å². The fourth-order valence-corrected chi connectivity index (χ4v) is 3.68. The third-order valence-electron chi connectivity index (χ3n) is 5.37. The van der Waals surface area contributed by atoms with Gasteiger partial charge in [-0.05, 0) is 66.3 Å². The summed E-state index contributed by atoms with van der Waals surface area (Å²) in [6, 6.07) is 23.7. The Labute approximate surface area is 202 Å². The summed E-state index contributed by atoms with van der Waals surface area (Å²) in [5, 5.41) is 8.91. The largest absolute Gasteiger partial charge is 0.494 e. The minimum Gasteiger partial charge on any atom is -0.494 e. The fraction of sp³-hybridized carbons (Fsp3) is 0.345. The Balaban J connectivity index is 1.40. The van der Waals surface area contributed by atoms with Gasteiger partial charge in [0.15, 0.2) is 0 Å². The lowest BCUT2D eigenvalue weighted by Gasteiger charge is -2.14. The number of carboxylic acid groups (broad SMARTS) is 1. The first-order chi connectivity index (χ1) is 16.6. The van der Waals surface area contributed by atoms with Crippen LogP contribution in [0.25, 0.3) is 0 Å². The van der Waals surface area contributed by atoms with Crippen LogP contribution in [0.1, 0.15) is 42.9 Å². The lowest BCUT2D eigenvalue weighted by atomic mass is 10.1. The number of rotatable bonds is 15. The van der Waals surface area contributed by atoms with Crippen LogP contribution >= 0.6 is 0 Å². The molecular weight excluding hydrogens is 428 g/mol. The third-order valence-corrected chi connectivity index (χ3v) is 5.37. The molecule has 5 nitrogen and oxygen atoms in total. The predicted molar refractivity (Wildman–Crippen MR) is 134 cm³/mol. The summed E-state index contributed by atoms with van der Waals surface area (Å²) in [5.41, 5.74) is 3.18. The molecule has 0 atom stereocenters. The van der Waals surface area contributed by atoms with E-state index in [9.17, 15) is 4.79 Å². The molecule has 5 heteroatoms. The van der Waals surface area contributed by atoms with Gasteiger partial charge in [0.1, 0.15) is 17.2 Å². The van der Waals surface area contributed by atoms with Crippen molar-refractivity contribution >= 4 is 5.97 Å². The number of aryl methyl sites for hydroxylation is 1. The van der Waals surface area contributed by atoms with E-state index in [1.54, 1.807) is 12.1 Å². The molecule has 0 bridgehead atoms. The molecule has 0 spiro atoms. The lowest BCUT2D eigenvalue weighted by Crippen LogP contribution is -2.05. The molecule has 0 heterocycles. The van der Waals surface area contributed by atoms with E-state index in [0.29, 0.717) is 25.6 Å². The number of carboxylic acids is 1. The Bertz CT molecular complexity index is 1020. The molecule has 0 aromatic heterocycles. The predicted octanol–water partition coefficient (Wildman–Crippen LogP) is 6.13. The molecule has 0 amide bonds. The molecule has 180 valence electrons. The molecule has 0 aliphatic rings. The smallest absolute Gasteiger partial charge is 0.307 e. The Hall–Kier alpha value is -3.47. The zero-order chi connectivity index (χ0) is 24.0. The summed E-state index contributed by atoms with van der Waals surface area (Å²) >= 11 is 0. The number of ether oxygens (including phenoxy) is 3. The summed E-state index contributed by atoms with van der Waals surface area (Å²) in [5.74, 6) is 1.65. The molecule has 0 aliphatic heterocycles. The molecule has 1 N–H and O–H groups in total. The standard InChI is InChI=1S/C29H34O5/c1-2-9-25-22-27(33-19-16-23-10-4-3-5-11-23)14-15-28(25)34-18-7-6-17-32-26-13-8-12-24(20-26)21-29(30)31/h3-5,8,10-15,20,22H,2,6-7,9,16-19,21H2,1H3,(H,30,31). The van der Waals surface area contributed by atoms with Gasteiger partial charge in [0, 0.05) is 6.42 Å². The van der Waals surface area contributed by atoms with Gasteiger partial charge in [-0.25, -0.2) is 0 Å². The molecular formula is C29H34O5. The van der Waals surface area contributed by atoms with Gasteiger partial charge in [0.05, 0.1) is 26.2 Å². The van der Waals surface area contributed by atoms with Crippen molar-refractivity contribution in [2.75, 3.05) is 19.8 Å². The van der Waals surface area contributed by atoms with Crippen molar-refractivity contribution in [1.82, 2.24) is 0 Å². The van der Waals surface area contributed by atoms with E-state index < -0.39 is 5.97 Å². The number of carbonyl (C=O) groups is 1. The maximum absolute atomic E-state index is 10.9. The molecule has 3 aromatic carbocycles. The minimum atomic E-state index is -0.844. The maximum Gasteiger partial charge on any atom is 0.307 e. The van der Waals surface area contributed by atoms with Crippen LogP contribution in [0, 0.1) is 0 Å². The van der Waals surface area contributed by atoms with E-state index in [0.717, 1.165) is 49.2 Å². The average molecular weight is 463 g/mol. The third kappa shape index (κ3) is 8.81. The van der Waals surface area contributed by atoms with Crippen LogP contribution in [0.2, 0.25) is 0 Å². The second kappa shape index (κ2) is 13.9. The van der Waals surface area contributed by atoms with Crippen molar-refractivity contribution in [1.29, 1.82) is 0 Å². The molecule has 0 saturated heterocycles. The van der Waals surface area contributed by atoms with Gasteiger partial charge in [-0.3, -0.25) is 4.79 Å². The second-order valence-electron chi connectivity index (χ2n) is 8.23. The lowest BCUT2D eigenvalue weighted by molar-refractivity contribution is -0.136. The van der Waals surface area contributed by atoms with Gasteiger partial charge in [0.25, 0.3) is 0 Å². The first-order valence-corrected chi connectivity index (χ1v) is 12.0. The van der Waals surface area contributed by atoms with Crippen LogP contribution in [0.15, 0.2) is 72.8 Å². The Kier molecular flexibility index (Phi) is 10.3. The van der Waals surface area contributed by atoms with E-state index in [4.69, 9.17) is 19.3 Å². The van der Waals surface area contributed by atoms with E-state index in [1.165, 1.54) is 11.1 Å². The summed E-state index contributed by atoms with van der Waals surface area (Å²) < 4.78 is 17.8. The summed E-state index contributed by atoms with van der Waals surface area (Å²) in [7, 11) is 0. The molecule has 0 radical (unpaired) electrons. The van der Waals surface area contributed by atoms with E-state index in [-0.39, 0.29) is 6.42 Å². The van der Waals surface area contributed by atoms with Gasteiger partial charge in [-0.2, -0.15) is 0 Å². The van der Waals surface area contributed by atoms with Crippen LogP contribution in [0.3, 0.4) is 0 Å². The van der Waals surface area contributed by atoms with Gasteiger partial charge >= 0.3 is 5.97 Å². The van der Waals surface area contributed by atoms with Crippen molar-refractivity contribution in [2.45, 2.75) is 45.4 Å². The van der Waals surface area contributed by atoms with Crippen molar-refractivity contribution in [3.63, 3.8) is 0 Å². The second-order valence-corrected chi connectivity index (χ2v) is 8.23. The summed E-state index contributed by atoms with van der Waals surface area (Å²) in [6.07, 6.45) is 4.60. The van der Waals surface area contributed by atoms with Crippen molar-refractivity contribution < 1.29 is 24.1 Å². The first kappa shape index (κ1) is 25.2. The molecule has 34 heavy (non-hydrogen) atoms. The molecule has 0 unspecified atom stereocenters. The zero-order valence-corrected chi connectivity index (χ0v) is 19.9. The number of aliphatic carboxylic acids is 1. The number of hydrogen-bond acceptors (Lipinski definition) is 4. The highest BCUT2D eigenvalue weighted by Gasteiger charge is 2.07. The van der Waals surface area contributed by atoms with Crippen LogP contribution in [-0.4, -0.2) is 30.9 Å². The van der Waals surface area contributed by atoms with Gasteiger partial charge in [0.2, 0.25) is 0 Å². The normalized spacial score (nSPS) is 10.6. The Morgan fingerprint density at radius 1 is 0.735 bits per heavy atom. The van der Waals surface area contributed by atoms with Gasteiger partial charge in [-0.15, -0.1) is 0 Å². The monoisotopic (exact) mass is 462 g/mol. The molecule has 3 rings (SSSR count). The highest BCUT2D eigenvalue weighted by molar-refractivity contribution is 5.70. The number of unbranched alkanes of at least 4 members (excludes halogenated alkanes) is 1. The summed E-state index contributed by atoms with van der Waals surface area (Å²) in [6.45, 7) is 3.99. The number of benzene rings is 3. The zero-order valence-electron chi connectivity index (χ0n) is 19.9. The van der Waals surface area contributed by atoms with Crippen molar-refractivity contribution in [3.8, 4) is 17.2 Å². The maximum atomic E-state index is 10.9.